The van der Waals surface area contributed by atoms with Crippen molar-refractivity contribution < 1.29 is 14.4 Å². The third kappa shape index (κ3) is 21.8. The third-order valence-corrected chi connectivity index (χ3v) is 6.37. The van der Waals surface area contributed by atoms with E-state index in [2.05, 4.69) is 50.4 Å². The fourth-order valence-corrected chi connectivity index (χ4v) is 3.98. The summed E-state index contributed by atoms with van der Waals surface area (Å²) < 4.78 is 0. The molecule has 0 heterocycles. The van der Waals surface area contributed by atoms with Gasteiger partial charge in [0, 0.05) is 12.6 Å². The maximum Gasteiger partial charge on any atom is 0.245 e. The zero-order chi connectivity index (χ0) is 28.5. The molecule has 6 N–H and O–H groups in total. The molecule has 3 unspecified atom stereocenters. The predicted octanol–water partition coefficient (Wildman–Crippen LogP) is 3.39. The van der Waals surface area contributed by atoms with Gasteiger partial charge in [0.25, 0.3) is 0 Å². The molecule has 0 spiro atoms. The highest BCUT2D eigenvalue weighted by Crippen LogP contribution is 2.16. The summed E-state index contributed by atoms with van der Waals surface area (Å²) in [7, 11) is 3.82. The van der Waals surface area contributed by atoms with Crippen LogP contribution in [0.5, 0.6) is 0 Å². The monoisotopic (exact) mass is 526 g/mol. The number of aldehydes is 2. The number of aliphatic imine (C=N–C) groups is 1. The minimum absolute atomic E-state index is 0.00695. The van der Waals surface area contributed by atoms with E-state index in [-0.39, 0.29) is 5.96 Å². The van der Waals surface area contributed by atoms with E-state index in [4.69, 9.17) is 11.5 Å². The molecule has 1 aliphatic rings. The molecular weight excluding hydrogens is 468 g/mol. The van der Waals surface area contributed by atoms with Crippen LogP contribution in [-0.4, -0.2) is 74.6 Å². The minimum atomic E-state index is -0.895. The van der Waals surface area contributed by atoms with Gasteiger partial charge in [0.1, 0.15) is 18.6 Å². The Labute approximate surface area is 227 Å². The van der Waals surface area contributed by atoms with Gasteiger partial charge >= 0.3 is 0 Å². The summed E-state index contributed by atoms with van der Waals surface area (Å²) in [5.41, 5.74) is 10.5. The van der Waals surface area contributed by atoms with Crippen LogP contribution in [0.3, 0.4) is 0 Å². The molecule has 1 aliphatic carbocycles. The largest absolute Gasteiger partial charge is 0.370 e. The maximum absolute atomic E-state index is 12.3. The standard InChI is InChI=1S/C18H35N5O3.C7H15N.C3H8/c1-4-5-7-14(2)9-11-23(3)16(13-25)17(26)22-15(12-24)8-6-10-21-18(19)20;1-8-7-5-3-2-4-6-7;1-3-2/h12-16H,4-11H2,1-3H3,(H,22,26)(H4,19,20,21);7-8H,2-6H2,1H3;3H2,1-2H3. The van der Waals surface area contributed by atoms with Crippen LogP contribution in [0.15, 0.2) is 4.99 Å². The van der Waals surface area contributed by atoms with Crippen LogP contribution in [0, 0.1) is 5.92 Å². The Morgan fingerprint density at radius 1 is 1.03 bits per heavy atom. The summed E-state index contributed by atoms with van der Waals surface area (Å²) in [5, 5.41) is 5.92. The van der Waals surface area contributed by atoms with Crippen molar-refractivity contribution in [2.75, 3.05) is 27.2 Å². The first kappa shape index (κ1) is 37.2. The van der Waals surface area contributed by atoms with E-state index in [1.165, 1.54) is 44.9 Å². The number of nitrogens with two attached hydrogens (primary N) is 2. The molecule has 0 aliphatic heterocycles. The van der Waals surface area contributed by atoms with Crippen molar-refractivity contribution in [2.45, 2.75) is 123 Å². The molecule has 0 aromatic heterocycles. The first-order chi connectivity index (χ1) is 17.7. The fourth-order valence-electron chi connectivity index (χ4n) is 3.98. The van der Waals surface area contributed by atoms with Crippen molar-refractivity contribution in [1.82, 2.24) is 15.5 Å². The summed E-state index contributed by atoms with van der Waals surface area (Å²) in [6, 6.07) is -0.715. The van der Waals surface area contributed by atoms with Gasteiger partial charge in [-0.05, 0) is 58.7 Å². The molecule has 0 bridgehead atoms. The fraction of sp³-hybridized carbons (Fsp3) is 0.857. The zero-order valence-corrected chi connectivity index (χ0v) is 24.6. The van der Waals surface area contributed by atoms with Crippen LogP contribution in [0.2, 0.25) is 0 Å². The van der Waals surface area contributed by atoms with Crippen molar-refractivity contribution in [1.29, 1.82) is 0 Å². The number of nitrogens with one attached hydrogen (secondary N) is 2. The second kappa shape index (κ2) is 25.6. The Balaban J connectivity index is 0. The van der Waals surface area contributed by atoms with Crippen molar-refractivity contribution in [3.63, 3.8) is 0 Å². The molecule has 9 nitrogen and oxygen atoms in total. The number of hydrogen-bond donors (Lipinski definition) is 4. The first-order valence-electron chi connectivity index (χ1n) is 14.3. The second-order valence-electron chi connectivity index (χ2n) is 10.1. The highest BCUT2D eigenvalue weighted by molar-refractivity contribution is 5.96. The molecule has 0 aromatic rings. The van der Waals surface area contributed by atoms with Crippen molar-refractivity contribution >= 4 is 24.4 Å². The molecule has 218 valence electrons. The van der Waals surface area contributed by atoms with E-state index in [1.54, 1.807) is 11.9 Å². The normalized spacial score (nSPS) is 15.6. The lowest BCUT2D eigenvalue weighted by atomic mass is 9.96. The first-order valence-corrected chi connectivity index (χ1v) is 14.3. The van der Waals surface area contributed by atoms with Gasteiger partial charge in [-0.2, -0.15) is 0 Å². The van der Waals surface area contributed by atoms with Crippen LogP contribution in [-0.2, 0) is 14.4 Å². The Bertz CT molecular complexity index is 592. The lowest BCUT2D eigenvalue weighted by molar-refractivity contribution is -0.132. The van der Waals surface area contributed by atoms with Crippen LogP contribution >= 0.6 is 0 Å². The SMILES string of the molecule is CCC.CCCCC(C)CCN(C)C(C=O)C(=O)NC(C=O)CCCN=C(N)N.CNC1CCCCC1. The second-order valence-corrected chi connectivity index (χ2v) is 10.1. The number of carbonyl (C=O) groups is 3. The van der Waals surface area contributed by atoms with E-state index in [0.717, 1.165) is 25.3 Å². The molecule has 0 radical (unpaired) electrons. The Morgan fingerprint density at radius 2 is 1.65 bits per heavy atom. The van der Waals surface area contributed by atoms with E-state index >= 15 is 0 Å². The van der Waals surface area contributed by atoms with Crippen LogP contribution in [0.4, 0.5) is 0 Å². The lowest BCUT2D eigenvalue weighted by Gasteiger charge is -2.25. The molecule has 1 saturated carbocycles. The van der Waals surface area contributed by atoms with Gasteiger partial charge in [-0.25, -0.2) is 0 Å². The van der Waals surface area contributed by atoms with Gasteiger partial charge in [0.05, 0.1) is 6.04 Å². The predicted molar refractivity (Wildman–Crippen MR) is 156 cm³/mol. The Hall–Kier alpha value is -2.00. The Kier molecular flexibility index (Phi) is 25.7. The topological polar surface area (TPSA) is 143 Å². The van der Waals surface area contributed by atoms with Crippen LogP contribution < -0.4 is 22.1 Å². The number of unbranched alkanes of at least 4 members (excludes halogenated alkanes) is 1. The van der Waals surface area contributed by atoms with Gasteiger partial charge in [-0.1, -0.05) is 72.6 Å². The van der Waals surface area contributed by atoms with E-state index < -0.39 is 18.0 Å². The number of likely N-dealkylation sites (N-methyl/N-ethyl adjacent to an activating group) is 1. The summed E-state index contributed by atoms with van der Waals surface area (Å²) in [6.07, 6.45) is 15.0. The quantitative estimate of drug-likeness (QED) is 0.0793. The van der Waals surface area contributed by atoms with Crippen LogP contribution in [0.1, 0.15) is 105 Å². The van der Waals surface area contributed by atoms with E-state index in [0.29, 0.717) is 44.4 Å². The smallest absolute Gasteiger partial charge is 0.245 e. The number of amides is 1. The number of rotatable bonds is 16. The molecule has 1 fully saturated rings. The van der Waals surface area contributed by atoms with Gasteiger partial charge < -0.3 is 31.7 Å². The van der Waals surface area contributed by atoms with Gasteiger partial charge in [-0.3, -0.25) is 14.7 Å². The van der Waals surface area contributed by atoms with Gasteiger partial charge in [0.15, 0.2) is 5.96 Å². The Morgan fingerprint density at radius 3 is 2.11 bits per heavy atom. The summed E-state index contributed by atoms with van der Waals surface area (Å²) in [6.45, 7) is 9.62. The van der Waals surface area contributed by atoms with Crippen molar-refractivity contribution in [3.8, 4) is 0 Å². The molecule has 3 atom stereocenters. The average molecular weight is 527 g/mol. The van der Waals surface area contributed by atoms with Crippen LogP contribution in [0.25, 0.3) is 0 Å². The van der Waals surface area contributed by atoms with E-state index in [1.807, 2.05) is 0 Å². The number of nitrogens with zero attached hydrogens (tertiary/aromatic N) is 2. The van der Waals surface area contributed by atoms with Crippen molar-refractivity contribution in [2.24, 2.45) is 22.4 Å². The number of guanidine groups is 1. The average Bonchev–Trinajstić information content (AvgIpc) is 2.89. The molecule has 1 rings (SSSR count). The summed E-state index contributed by atoms with van der Waals surface area (Å²) >= 11 is 0. The summed E-state index contributed by atoms with van der Waals surface area (Å²) in [5.74, 6) is 0.0844. The molecular formula is C28H58N6O3. The highest BCUT2D eigenvalue weighted by Gasteiger charge is 2.24. The van der Waals surface area contributed by atoms with Gasteiger partial charge in [0.2, 0.25) is 5.91 Å². The molecule has 37 heavy (non-hydrogen) atoms. The third-order valence-electron chi connectivity index (χ3n) is 6.37. The molecule has 0 aromatic carbocycles. The maximum atomic E-state index is 12.3. The highest BCUT2D eigenvalue weighted by atomic mass is 16.2. The van der Waals surface area contributed by atoms with Crippen molar-refractivity contribution in [3.05, 3.63) is 0 Å². The van der Waals surface area contributed by atoms with Gasteiger partial charge in [-0.15, -0.1) is 0 Å². The number of hydrogen-bond acceptors (Lipinski definition) is 6. The summed E-state index contributed by atoms with van der Waals surface area (Å²) in [4.78, 5) is 40.4. The molecule has 9 heteroatoms. The van der Waals surface area contributed by atoms with E-state index in [9.17, 15) is 14.4 Å². The molecule has 0 saturated heterocycles. The minimum Gasteiger partial charge on any atom is -0.370 e. The molecule has 1 amide bonds. The lowest BCUT2D eigenvalue weighted by Crippen LogP contribution is -2.50. The number of carbonyl (C=O) groups excluding carboxylic acids is 3. The zero-order valence-electron chi connectivity index (χ0n) is 24.6.